The van der Waals surface area contributed by atoms with E-state index in [-0.39, 0.29) is 6.04 Å². The van der Waals surface area contributed by atoms with E-state index in [0.717, 1.165) is 18.5 Å². The molecular formula is C15H19NOS. The van der Waals surface area contributed by atoms with Gasteiger partial charge in [-0.25, -0.2) is 0 Å². The van der Waals surface area contributed by atoms with Crippen LogP contribution in [0, 0.1) is 0 Å². The highest BCUT2D eigenvalue weighted by Crippen LogP contribution is 2.20. The third kappa shape index (κ3) is 3.34. The number of nitrogens with one attached hydrogen (secondary N) is 1. The Morgan fingerprint density at radius 1 is 1.22 bits per heavy atom. The Morgan fingerprint density at radius 3 is 2.67 bits per heavy atom. The molecule has 2 N–H and O–H groups in total. The maximum Gasteiger partial charge on any atom is 0.115 e. The van der Waals surface area contributed by atoms with Crippen LogP contribution in [-0.4, -0.2) is 5.11 Å². The second-order valence-electron chi connectivity index (χ2n) is 4.42. The van der Waals surface area contributed by atoms with Crippen LogP contribution in [0.5, 0.6) is 5.75 Å². The first-order valence-corrected chi connectivity index (χ1v) is 7.10. The zero-order valence-corrected chi connectivity index (χ0v) is 11.6. The first-order valence-electron chi connectivity index (χ1n) is 6.29. The van der Waals surface area contributed by atoms with Crippen molar-refractivity contribution in [2.45, 2.75) is 32.9 Å². The summed E-state index contributed by atoms with van der Waals surface area (Å²) < 4.78 is 0. The van der Waals surface area contributed by atoms with Crippen LogP contribution in [-0.2, 0) is 13.0 Å². The average Bonchev–Trinajstić information content (AvgIpc) is 2.84. The molecule has 1 aromatic carbocycles. The van der Waals surface area contributed by atoms with Crippen molar-refractivity contribution in [3.63, 3.8) is 0 Å². The van der Waals surface area contributed by atoms with E-state index in [4.69, 9.17) is 0 Å². The molecule has 2 nitrogen and oxygen atoms in total. The summed E-state index contributed by atoms with van der Waals surface area (Å²) >= 11 is 1.86. The standard InChI is InChI=1S/C15H19NOS/c1-3-14-7-8-15(18-14)10-16-11(2)12-5-4-6-13(17)9-12/h4-9,11,16-17H,3,10H2,1-2H3. The van der Waals surface area contributed by atoms with Gasteiger partial charge in [-0.1, -0.05) is 19.1 Å². The minimum Gasteiger partial charge on any atom is -0.508 e. The number of hydrogen-bond acceptors (Lipinski definition) is 3. The van der Waals surface area contributed by atoms with Crippen molar-refractivity contribution in [3.8, 4) is 5.75 Å². The Labute approximate surface area is 112 Å². The van der Waals surface area contributed by atoms with E-state index in [1.807, 2.05) is 29.5 Å². The summed E-state index contributed by atoms with van der Waals surface area (Å²) in [4.78, 5) is 2.79. The Balaban J connectivity index is 1.93. The number of aryl methyl sites for hydroxylation is 1. The number of hydrogen-bond donors (Lipinski definition) is 2. The quantitative estimate of drug-likeness (QED) is 0.856. The molecule has 1 heterocycles. The summed E-state index contributed by atoms with van der Waals surface area (Å²) in [5.74, 6) is 0.325. The molecule has 0 amide bonds. The molecule has 0 saturated carbocycles. The van der Waals surface area contributed by atoms with E-state index in [1.165, 1.54) is 9.75 Å². The first kappa shape index (κ1) is 13.1. The van der Waals surface area contributed by atoms with E-state index in [2.05, 4.69) is 31.3 Å². The average molecular weight is 261 g/mol. The maximum absolute atomic E-state index is 9.46. The number of aromatic hydroxyl groups is 1. The normalized spacial score (nSPS) is 12.6. The molecule has 0 saturated heterocycles. The molecule has 0 spiro atoms. The van der Waals surface area contributed by atoms with Gasteiger partial charge in [0, 0.05) is 22.3 Å². The predicted octanol–water partition coefficient (Wildman–Crippen LogP) is 3.87. The van der Waals surface area contributed by atoms with Crippen LogP contribution in [0.4, 0.5) is 0 Å². The van der Waals surface area contributed by atoms with Gasteiger partial charge in [-0.15, -0.1) is 11.3 Å². The third-order valence-corrected chi connectivity index (χ3v) is 4.25. The van der Waals surface area contributed by atoms with Crippen LogP contribution in [0.3, 0.4) is 0 Å². The van der Waals surface area contributed by atoms with Gasteiger partial charge in [0.2, 0.25) is 0 Å². The lowest BCUT2D eigenvalue weighted by Crippen LogP contribution is -2.17. The summed E-state index contributed by atoms with van der Waals surface area (Å²) in [5, 5.41) is 12.9. The molecule has 2 rings (SSSR count). The summed E-state index contributed by atoms with van der Waals surface area (Å²) in [6, 6.07) is 12.0. The van der Waals surface area contributed by atoms with Crippen molar-refractivity contribution in [2.24, 2.45) is 0 Å². The molecule has 1 unspecified atom stereocenters. The molecular weight excluding hydrogens is 242 g/mol. The number of phenols is 1. The minimum absolute atomic E-state index is 0.240. The van der Waals surface area contributed by atoms with Gasteiger partial charge in [0.15, 0.2) is 0 Å². The monoisotopic (exact) mass is 261 g/mol. The number of phenolic OH excluding ortho intramolecular Hbond substituents is 1. The summed E-state index contributed by atoms with van der Waals surface area (Å²) in [6.07, 6.45) is 1.10. The lowest BCUT2D eigenvalue weighted by molar-refractivity contribution is 0.472. The minimum atomic E-state index is 0.240. The van der Waals surface area contributed by atoms with Crippen LogP contribution in [0.2, 0.25) is 0 Å². The van der Waals surface area contributed by atoms with Gasteiger partial charge in [-0.3, -0.25) is 0 Å². The zero-order chi connectivity index (χ0) is 13.0. The van der Waals surface area contributed by atoms with Crippen LogP contribution in [0.1, 0.15) is 35.2 Å². The lowest BCUT2D eigenvalue weighted by atomic mass is 10.1. The van der Waals surface area contributed by atoms with E-state index in [1.54, 1.807) is 6.07 Å². The molecule has 0 radical (unpaired) electrons. The third-order valence-electron chi connectivity index (χ3n) is 3.02. The fraction of sp³-hybridized carbons (Fsp3) is 0.333. The van der Waals surface area contributed by atoms with E-state index >= 15 is 0 Å². The first-order chi connectivity index (χ1) is 8.69. The number of rotatable bonds is 5. The smallest absolute Gasteiger partial charge is 0.115 e. The van der Waals surface area contributed by atoms with E-state index in [9.17, 15) is 5.11 Å². The Morgan fingerprint density at radius 2 is 2.00 bits per heavy atom. The number of thiophene rings is 1. The fourth-order valence-electron chi connectivity index (χ4n) is 1.87. The van der Waals surface area contributed by atoms with Crippen molar-refractivity contribution in [1.82, 2.24) is 5.32 Å². The van der Waals surface area contributed by atoms with Crippen LogP contribution >= 0.6 is 11.3 Å². The topological polar surface area (TPSA) is 32.3 Å². The van der Waals surface area contributed by atoms with Crippen LogP contribution in [0.15, 0.2) is 36.4 Å². The van der Waals surface area contributed by atoms with Gasteiger partial charge >= 0.3 is 0 Å². The van der Waals surface area contributed by atoms with Crippen molar-refractivity contribution < 1.29 is 5.11 Å². The van der Waals surface area contributed by atoms with Gasteiger partial charge in [0.05, 0.1) is 0 Å². The van der Waals surface area contributed by atoms with Gasteiger partial charge in [0.1, 0.15) is 5.75 Å². The van der Waals surface area contributed by atoms with Crippen molar-refractivity contribution in [2.75, 3.05) is 0 Å². The Bertz CT molecular complexity index is 507. The molecule has 3 heteroatoms. The second kappa shape index (κ2) is 6.03. The zero-order valence-electron chi connectivity index (χ0n) is 10.8. The molecule has 0 aliphatic carbocycles. The van der Waals surface area contributed by atoms with Crippen molar-refractivity contribution >= 4 is 11.3 Å². The summed E-state index contributed by atoms with van der Waals surface area (Å²) in [7, 11) is 0. The molecule has 1 aromatic heterocycles. The SMILES string of the molecule is CCc1ccc(CNC(C)c2cccc(O)c2)s1. The highest BCUT2D eigenvalue weighted by atomic mass is 32.1. The summed E-state index contributed by atoms with van der Waals surface area (Å²) in [5.41, 5.74) is 1.11. The molecule has 1 atom stereocenters. The van der Waals surface area contributed by atoms with Crippen LogP contribution < -0.4 is 5.32 Å². The maximum atomic E-state index is 9.46. The molecule has 0 aliphatic heterocycles. The molecule has 96 valence electrons. The largest absolute Gasteiger partial charge is 0.508 e. The lowest BCUT2D eigenvalue weighted by Gasteiger charge is -2.13. The molecule has 0 bridgehead atoms. The van der Waals surface area contributed by atoms with E-state index in [0.29, 0.717) is 5.75 Å². The Kier molecular flexibility index (Phi) is 4.39. The van der Waals surface area contributed by atoms with Gasteiger partial charge < -0.3 is 10.4 Å². The number of benzene rings is 1. The Hall–Kier alpha value is -1.32. The highest BCUT2D eigenvalue weighted by Gasteiger charge is 2.06. The van der Waals surface area contributed by atoms with Crippen molar-refractivity contribution in [1.29, 1.82) is 0 Å². The predicted molar refractivity (Wildman–Crippen MR) is 77.1 cm³/mol. The van der Waals surface area contributed by atoms with Crippen molar-refractivity contribution in [3.05, 3.63) is 51.7 Å². The van der Waals surface area contributed by atoms with Crippen LogP contribution in [0.25, 0.3) is 0 Å². The van der Waals surface area contributed by atoms with E-state index < -0.39 is 0 Å². The fourth-order valence-corrected chi connectivity index (χ4v) is 2.78. The molecule has 2 aromatic rings. The molecule has 0 fully saturated rings. The van der Waals surface area contributed by atoms with Gasteiger partial charge in [-0.2, -0.15) is 0 Å². The molecule has 18 heavy (non-hydrogen) atoms. The second-order valence-corrected chi connectivity index (χ2v) is 5.67. The highest BCUT2D eigenvalue weighted by molar-refractivity contribution is 7.11. The summed E-state index contributed by atoms with van der Waals surface area (Å²) in [6.45, 7) is 5.17. The van der Waals surface area contributed by atoms with Gasteiger partial charge in [0.25, 0.3) is 0 Å². The molecule has 0 aliphatic rings. The van der Waals surface area contributed by atoms with Gasteiger partial charge in [-0.05, 0) is 43.2 Å².